The standard InChI is InChI=1S/C14H21N5O/c1-3-13-17-18-14(20-13)12-5-4-8-19(10(12)2)9-11-6-7-15-16-11/h6-7,10,12H,3-5,8-9H2,1-2H3,(H,15,16)/t10-,12-/m0/s1. The third-order valence-electron chi connectivity index (χ3n) is 4.15. The number of likely N-dealkylation sites (tertiary alicyclic amines) is 1. The van der Waals surface area contributed by atoms with Crippen LogP contribution in [0.2, 0.25) is 0 Å². The normalized spacial score (nSPS) is 24.1. The Kier molecular flexibility index (Phi) is 3.82. The first-order chi connectivity index (χ1) is 9.78. The number of aromatic amines is 1. The molecular weight excluding hydrogens is 254 g/mol. The van der Waals surface area contributed by atoms with Gasteiger partial charge in [-0.15, -0.1) is 10.2 Å². The lowest BCUT2D eigenvalue weighted by Crippen LogP contribution is -2.41. The fourth-order valence-corrected chi connectivity index (χ4v) is 2.92. The van der Waals surface area contributed by atoms with Gasteiger partial charge in [-0.3, -0.25) is 10.00 Å². The summed E-state index contributed by atoms with van der Waals surface area (Å²) in [6.07, 6.45) is 4.87. The molecular formula is C14H21N5O. The van der Waals surface area contributed by atoms with Gasteiger partial charge in [0.2, 0.25) is 11.8 Å². The zero-order chi connectivity index (χ0) is 13.9. The maximum absolute atomic E-state index is 5.76. The fraction of sp³-hybridized carbons (Fsp3) is 0.643. The van der Waals surface area contributed by atoms with Crippen LogP contribution in [-0.2, 0) is 13.0 Å². The average Bonchev–Trinajstić information content (AvgIpc) is 3.12. The summed E-state index contributed by atoms with van der Waals surface area (Å²) in [5.74, 6) is 1.86. The number of nitrogens with zero attached hydrogens (tertiary/aromatic N) is 4. The summed E-state index contributed by atoms with van der Waals surface area (Å²) in [5, 5.41) is 15.4. The quantitative estimate of drug-likeness (QED) is 0.925. The van der Waals surface area contributed by atoms with Crippen LogP contribution in [0, 0.1) is 0 Å². The van der Waals surface area contributed by atoms with E-state index in [1.165, 1.54) is 0 Å². The average molecular weight is 275 g/mol. The van der Waals surface area contributed by atoms with E-state index in [0.29, 0.717) is 12.0 Å². The van der Waals surface area contributed by atoms with Crippen molar-refractivity contribution in [1.82, 2.24) is 25.3 Å². The van der Waals surface area contributed by atoms with Gasteiger partial charge in [0, 0.05) is 30.9 Å². The molecule has 2 aromatic heterocycles. The second-order valence-corrected chi connectivity index (χ2v) is 5.43. The van der Waals surface area contributed by atoms with Crippen LogP contribution in [0.5, 0.6) is 0 Å². The molecule has 0 bridgehead atoms. The molecule has 0 radical (unpaired) electrons. The molecule has 0 amide bonds. The summed E-state index contributed by atoms with van der Waals surface area (Å²) >= 11 is 0. The van der Waals surface area contributed by atoms with Crippen LogP contribution < -0.4 is 0 Å². The molecule has 1 N–H and O–H groups in total. The molecule has 0 saturated carbocycles. The largest absolute Gasteiger partial charge is 0.425 e. The minimum absolute atomic E-state index is 0.333. The van der Waals surface area contributed by atoms with Crippen LogP contribution in [0.4, 0.5) is 0 Å². The molecule has 0 unspecified atom stereocenters. The van der Waals surface area contributed by atoms with Gasteiger partial charge in [-0.2, -0.15) is 5.10 Å². The number of piperidine rings is 1. The minimum Gasteiger partial charge on any atom is -0.425 e. The molecule has 6 heteroatoms. The van der Waals surface area contributed by atoms with Gasteiger partial charge in [0.15, 0.2) is 0 Å². The van der Waals surface area contributed by atoms with E-state index in [0.717, 1.165) is 49.8 Å². The van der Waals surface area contributed by atoms with Crippen molar-refractivity contribution in [2.45, 2.75) is 51.6 Å². The number of hydrogen-bond acceptors (Lipinski definition) is 5. The third-order valence-corrected chi connectivity index (χ3v) is 4.15. The monoisotopic (exact) mass is 275 g/mol. The molecule has 1 saturated heterocycles. The lowest BCUT2D eigenvalue weighted by molar-refractivity contribution is 0.117. The van der Waals surface area contributed by atoms with Crippen molar-refractivity contribution in [3.05, 3.63) is 29.7 Å². The second-order valence-electron chi connectivity index (χ2n) is 5.43. The number of aromatic nitrogens is 4. The Morgan fingerprint density at radius 2 is 2.35 bits per heavy atom. The molecule has 0 aromatic carbocycles. The summed E-state index contributed by atoms with van der Waals surface area (Å²) < 4.78 is 5.76. The SMILES string of the molecule is CCc1nnc([C@H]2CCCN(Cc3ccn[nH]3)[C@H]2C)o1. The fourth-order valence-electron chi connectivity index (χ4n) is 2.92. The van der Waals surface area contributed by atoms with E-state index in [1.807, 2.05) is 13.0 Å². The predicted molar refractivity (Wildman–Crippen MR) is 74.1 cm³/mol. The number of nitrogens with one attached hydrogen (secondary N) is 1. The first kappa shape index (κ1) is 13.3. The van der Waals surface area contributed by atoms with Crippen LogP contribution in [-0.4, -0.2) is 37.9 Å². The summed E-state index contributed by atoms with van der Waals surface area (Å²) in [6.45, 7) is 6.28. The van der Waals surface area contributed by atoms with Gasteiger partial charge in [0.25, 0.3) is 0 Å². The van der Waals surface area contributed by atoms with Gasteiger partial charge in [-0.05, 0) is 32.4 Å². The summed E-state index contributed by atoms with van der Waals surface area (Å²) in [6, 6.07) is 2.43. The van der Waals surface area contributed by atoms with Crippen LogP contribution >= 0.6 is 0 Å². The van der Waals surface area contributed by atoms with Gasteiger partial charge >= 0.3 is 0 Å². The van der Waals surface area contributed by atoms with Gasteiger partial charge in [-0.25, -0.2) is 0 Å². The van der Waals surface area contributed by atoms with E-state index in [2.05, 4.69) is 32.2 Å². The number of H-pyrrole nitrogens is 1. The third kappa shape index (κ3) is 2.60. The number of hydrogen-bond donors (Lipinski definition) is 1. The van der Waals surface area contributed by atoms with Gasteiger partial charge < -0.3 is 4.42 Å². The van der Waals surface area contributed by atoms with E-state index in [1.54, 1.807) is 6.20 Å². The Hall–Kier alpha value is -1.69. The molecule has 3 rings (SSSR count). The highest BCUT2D eigenvalue weighted by Gasteiger charge is 2.32. The van der Waals surface area contributed by atoms with Gasteiger partial charge in [-0.1, -0.05) is 6.92 Å². The molecule has 6 nitrogen and oxygen atoms in total. The molecule has 0 spiro atoms. The lowest BCUT2D eigenvalue weighted by Gasteiger charge is -2.37. The lowest BCUT2D eigenvalue weighted by atomic mass is 9.90. The first-order valence-electron chi connectivity index (χ1n) is 7.32. The molecule has 1 fully saturated rings. The van der Waals surface area contributed by atoms with Crippen molar-refractivity contribution in [3.8, 4) is 0 Å². The molecule has 2 aromatic rings. The summed E-state index contributed by atoms with van der Waals surface area (Å²) in [4.78, 5) is 2.46. The van der Waals surface area contributed by atoms with Crippen molar-refractivity contribution in [2.75, 3.05) is 6.54 Å². The van der Waals surface area contributed by atoms with Crippen molar-refractivity contribution in [3.63, 3.8) is 0 Å². The smallest absolute Gasteiger partial charge is 0.221 e. The van der Waals surface area contributed by atoms with E-state index in [9.17, 15) is 0 Å². The molecule has 2 atom stereocenters. The molecule has 1 aliphatic rings. The Bertz CT molecular complexity index is 536. The van der Waals surface area contributed by atoms with Crippen molar-refractivity contribution >= 4 is 0 Å². The number of aryl methyl sites for hydroxylation is 1. The maximum Gasteiger partial charge on any atom is 0.221 e. The van der Waals surface area contributed by atoms with E-state index in [4.69, 9.17) is 4.42 Å². The van der Waals surface area contributed by atoms with E-state index >= 15 is 0 Å². The zero-order valence-corrected chi connectivity index (χ0v) is 12.0. The van der Waals surface area contributed by atoms with Gasteiger partial charge in [0.1, 0.15) is 0 Å². The molecule has 1 aliphatic heterocycles. The van der Waals surface area contributed by atoms with Crippen molar-refractivity contribution < 1.29 is 4.42 Å². The highest BCUT2D eigenvalue weighted by Crippen LogP contribution is 2.32. The molecule has 20 heavy (non-hydrogen) atoms. The maximum atomic E-state index is 5.76. The first-order valence-corrected chi connectivity index (χ1v) is 7.32. The highest BCUT2D eigenvalue weighted by molar-refractivity contribution is 5.03. The number of rotatable bonds is 4. The van der Waals surface area contributed by atoms with Crippen LogP contribution in [0.1, 0.15) is 50.1 Å². The van der Waals surface area contributed by atoms with E-state index in [-0.39, 0.29) is 0 Å². The van der Waals surface area contributed by atoms with Crippen LogP contribution in [0.3, 0.4) is 0 Å². The van der Waals surface area contributed by atoms with E-state index < -0.39 is 0 Å². The Balaban J connectivity index is 1.72. The Labute approximate surface area is 118 Å². The Morgan fingerprint density at radius 3 is 3.05 bits per heavy atom. The van der Waals surface area contributed by atoms with Crippen molar-refractivity contribution in [1.29, 1.82) is 0 Å². The predicted octanol–water partition coefficient (Wildman–Crippen LogP) is 2.12. The van der Waals surface area contributed by atoms with Crippen molar-refractivity contribution in [2.24, 2.45) is 0 Å². The van der Waals surface area contributed by atoms with Gasteiger partial charge in [0.05, 0.1) is 5.92 Å². The van der Waals surface area contributed by atoms with Crippen LogP contribution in [0.25, 0.3) is 0 Å². The summed E-state index contributed by atoms with van der Waals surface area (Å²) in [5.41, 5.74) is 1.15. The summed E-state index contributed by atoms with van der Waals surface area (Å²) in [7, 11) is 0. The highest BCUT2D eigenvalue weighted by atomic mass is 16.4. The zero-order valence-electron chi connectivity index (χ0n) is 12.0. The topological polar surface area (TPSA) is 70.8 Å². The minimum atomic E-state index is 0.333. The van der Waals surface area contributed by atoms with Crippen LogP contribution in [0.15, 0.2) is 16.7 Å². The molecule has 108 valence electrons. The molecule has 0 aliphatic carbocycles. The Morgan fingerprint density at radius 1 is 1.45 bits per heavy atom. The molecule has 3 heterocycles. The second kappa shape index (κ2) is 5.75.